The monoisotopic (exact) mass is 261 g/mol. The van der Waals surface area contributed by atoms with Gasteiger partial charge in [-0.2, -0.15) is 5.10 Å². The van der Waals surface area contributed by atoms with E-state index in [0.29, 0.717) is 5.69 Å². The Morgan fingerprint density at radius 2 is 2.06 bits per heavy atom. The zero-order valence-electron chi connectivity index (χ0n) is 10.4. The van der Waals surface area contributed by atoms with Crippen LogP contribution < -0.4 is 5.32 Å². The second-order valence-corrected chi connectivity index (χ2v) is 4.62. The summed E-state index contributed by atoms with van der Waals surface area (Å²) in [6.07, 6.45) is 3.82. The third-order valence-electron chi connectivity index (χ3n) is 2.55. The molecule has 0 fully saturated rings. The molecule has 0 spiro atoms. The third kappa shape index (κ3) is 2.92. The number of nitrogens with one attached hydrogen (secondary N) is 1. The average Bonchev–Trinajstić information content (AvgIpc) is 2.88. The molecule has 4 nitrogen and oxygen atoms in total. The molecule has 2 aromatic rings. The van der Waals surface area contributed by atoms with Gasteiger partial charge in [0.25, 0.3) is 5.91 Å². The van der Waals surface area contributed by atoms with Crippen molar-refractivity contribution in [3.63, 3.8) is 0 Å². The number of aromatic nitrogens is 2. The molecule has 0 saturated heterocycles. The second kappa shape index (κ2) is 5.73. The van der Waals surface area contributed by atoms with Crippen LogP contribution in [0.25, 0.3) is 0 Å². The van der Waals surface area contributed by atoms with E-state index < -0.39 is 0 Å². The van der Waals surface area contributed by atoms with Crippen LogP contribution in [0.2, 0.25) is 0 Å². The van der Waals surface area contributed by atoms with E-state index in [1.807, 2.05) is 37.4 Å². The van der Waals surface area contributed by atoms with Crippen LogP contribution in [0.3, 0.4) is 0 Å². The van der Waals surface area contributed by atoms with Crippen molar-refractivity contribution in [2.24, 2.45) is 0 Å². The van der Waals surface area contributed by atoms with Gasteiger partial charge in [-0.25, -0.2) is 0 Å². The number of hydrogen-bond donors (Lipinski definition) is 1. The number of aryl methyl sites for hydroxylation is 1. The predicted octanol–water partition coefficient (Wildman–Crippen LogP) is 2.88. The molecule has 0 atom stereocenters. The standard InChI is InChI=1S/C13H15N3OS/c1-3-16-9-8-12(15-16)13(17)14-10-4-6-11(18-2)7-5-10/h4-9H,3H2,1-2H3,(H,14,17). The molecule has 1 aromatic carbocycles. The average molecular weight is 261 g/mol. The molecule has 0 saturated carbocycles. The normalized spacial score (nSPS) is 10.3. The quantitative estimate of drug-likeness (QED) is 0.861. The minimum atomic E-state index is -0.181. The van der Waals surface area contributed by atoms with Crippen molar-refractivity contribution in [3.05, 3.63) is 42.2 Å². The Morgan fingerprint density at radius 3 is 2.61 bits per heavy atom. The van der Waals surface area contributed by atoms with Gasteiger partial charge in [-0.1, -0.05) is 0 Å². The van der Waals surface area contributed by atoms with E-state index in [1.165, 1.54) is 4.90 Å². The van der Waals surface area contributed by atoms with E-state index in [4.69, 9.17) is 0 Å². The topological polar surface area (TPSA) is 46.9 Å². The molecule has 0 aliphatic heterocycles. The number of benzene rings is 1. The minimum Gasteiger partial charge on any atom is -0.321 e. The second-order valence-electron chi connectivity index (χ2n) is 3.74. The summed E-state index contributed by atoms with van der Waals surface area (Å²) in [5, 5.41) is 6.98. The van der Waals surface area contributed by atoms with Crippen molar-refractivity contribution in [1.82, 2.24) is 9.78 Å². The number of carbonyl (C=O) groups is 1. The first-order valence-corrected chi connectivity index (χ1v) is 6.94. The van der Waals surface area contributed by atoms with Gasteiger partial charge in [-0.3, -0.25) is 9.48 Å². The van der Waals surface area contributed by atoms with Crippen molar-refractivity contribution < 1.29 is 4.79 Å². The molecule has 0 aliphatic carbocycles. The van der Waals surface area contributed by atoms with Crippen LogP contribution in [0.1, 0.15) is 17.4 Å². The molecule has 94 valence electrons. The predicted molar refractivity (Wildman–Crippen MR) is 74.1 cm³/mol. The smallest absolute Gasteiger partial charge is 0.276 e. The first-order valence-electron chi connectivity index (χ1n) is 5.72. The molecule has 1 N–H and O–H groups in total. The van der Waals surface area contributed by atoms with E-state index in [1.54, 1.807) is 28.7 Å². The highest BCUT2D eigenvalue weighted by molar-refractivity contribution is 7.98. The molecule has 0 radical (unpaired) electrons. The van der Waals surface area contributed by atoms with Crippen LogP contribution in [0.15, 0.2) is 41.4 Å². The van der Waals surface area contributed by atoms with Crippen molar-refractivity contribution in [2.45, 2.75) is 18.4 Å². The number of nitrogens with zero attached hydrogens (tertiary/aromatic N) is 2. The van der Waals surface area contributed by atoms with Gasteiger partial charge in [0.2, 0.25) is 0 Å². The van der Waals surface area contributed by atoms with E-state index in [9.17, 15) is 4.79 Å². The number of thioether (sulfide) groups is 1. The highest BCUT2D eigenvalue weighted by Crippen LogP contribution is 2.17. The number of anilines is 1. The Balaban J connectivity index is 2.06. The Kier molecular flexibility index (Phi) is 4.04. The Bertz CT molecular complexity index is 533. The van der Waals surface area contributed by atoms with Crippen LogP contribution >= 0.6 is 11.8 Å². The summed E-state index contributed by atoms with van der Waals surface area (Å²) in [6, 6.07) is 9.45. The zero-order valence-corrected chi connectivity index (χ0v) is 11.2. The van der Waals surface area contributed by atoms with Crippen molar-refractivity contribution in [1.29, 1.82) is 0 Å². The van der Waals surface area contributed by atoms with E-state index in [2.05, 4.69) is 10.4 Å². The van der Waals surface area contributed by atoms with Gasteiger partial charge in [-0.05, 0) is 43.5 Å². The van der Waals surface area contributed by atoms with E-state index in [0.717, 1.165) is 12.2 Å². The molecule has 1 amide bonds. The maximum Gasteiger partial charge on any atom is 0.276 e. The van der Waals surface area contributed by atoms with Crippen LogP contribution in [-0.4, -0.2) is 21.9 Å². The molecule has 1 aromatic heterocycles. The lowest BCUT2D eigenvalue weighted by atomic mass is 10.3. The molecule has 18 heavy (non-hydrogen) atoms. The molecule has 0 aliphatic rings. The van der Waals surface area contributed by atoms with Crippen LogP contribution in [0, 0.1) is 0 Å². The lowest BCUT2D eigenvalue weighted by Crippen LogP contribution is -2.13. The SMILES string of the molecule is CCn1ccc(C(=O)Nc2ccc(SC)cc2)n1. The summed E-state index contributed by atoms with van der Waals surface area (Å²) in [5.74, 6) is -0.181. The van der Waals surface area contributed by atoms with Gasteiger partial charge >= 0.3 is 0 Å². The highest BCUT2D eigenvalue weighted by Gasteiger charge is 2.09. The van der Waals surface area contributed by atoms with Crippen molar-refractivity contribution >= 4 is 23.4 Å². The minimum absolute atomic E-state index is 0.181. The van der Waals surface area contributed by atoms with Gasteiger partial charge < -0.3 is 5.32 Å². The van der Waals surface area contributed by atoms with Crippen LogP contribution in [0.5, 0.6) is 0 Å². The lowest BCUT2D eigenvalue weighted by molar-refractivity contribution is 0.102. The van der Waals surface area contributed by atoms with Gasteiger partial charge in [0, 0.05) is 23.3 Å². The van der Waals surface area contributed by atoms with E-state index >= 15 is 0 Å². The first-order chi connectivity index (χ1) is 8.72. The summed E-state index contributed by atoms with van der Waals surface area (Å²) in [6.45, 7) is 2.74. The molecular formula is C13H15N3OS. The Labute approximate surface area is 110 Å². The largest absolute Gasteiger partial charge is 0.321 e. The fourth-order valence-corrected chi connectivity index (χ4v) is 1.94. The molecular weight excluding hydrogens is 246 g/mol. The zero-order chi connectivity index (χ0) is 13.0. The van der Waals surface area contributed by atoms with Gasteiger partial charge in [-0.15, -0.1) is 11.8 Å². The fourth-order valence-electron chi connectivity index (χ4n) is 1.53. The maximum absolute atomic E-state index is 11.9. The van der Waals surface area contributed by atoms with Crippen molar-refractivity contribution in [2.75, 3.05) is 11.6 Å². The van der Waals surface area contributed by atoms with Crippen molar-refractivity contribution in [3.8, 4) is 0 Å². The maximum atomic E-state index is 11.9. The number of carbonyl (C=O) groups excluding carboxylic acids is 1. The summed E-state index contributed by atoms with van der Waals surface area (Å²) in [5.41, 5.74) is 1.22. The molecule has 0 unspecified atom stereocenters. The Morgan fingerprint density at radius 1 is 1.33 bits per heavy atom. The summed E-state index contributed by atoms with van der Waals surface area (Å²) >= 11 is 1.67. The first kappa shape index (κ1) is 12.7. The lowest BCUT2D eigenvalue weighted by Gasteiger charge is -2.03. The van der Waals surface area contributed by atoms with Crippen LogP contribution in [0.4, 0.5) is 5.69 Å². The highest BCUT2D eigenvalue weighted by atomic mass is 32.2. The third-order valence-corrected chi connectivity index (χ3v) is 3.29. The van der Waals surface area contributed by atoms with Gasteiger partial charge in [0.15, 0.2) is 5.69 Å². The van der Waals surface area contributed by atoms with Crippen LogP contribution in [-0.2, 0) is 6.54 Å². The summed E-state index contributed by atoms with van der Waals surface area (Å²) < 4.78 is 1.73. The fraction of sp³-hybridized carbons (Fsp3) is 0.231. The number of rotatable bonds is 4. The van der Waals surface area contributed by atoms with E-state index in [-0.39, 0.29) is 5.91 Å². The molecule has 5 heteroatoms. The number of amides is 1. The summed E-state index contributed by atoms with van der Waals surface area (Å²) in [4.78, 5) is 13.1. The van der Waals surface area contributed by atoms with Gasteiger partial charge in [0.1, 0.15) is 0 Å². The Hall–Kier alpha value is -1.75. The molecule has 1 heterocycles. The molecule has 0 bridgehead atoms. The molecule has 2 rings (SSSR count). The number of hydrogen-bond acceptors (Lipinski definition) is 3. The summed E-state index contributed by atoms with van der Waals surface area (Å²) in [7, 11) is 0. The van der Waals surface area contributed by atoms with Gasteiger partial charge in [0.05, 0.1) is 0 Å².